The SMILES string of the molecule is Cl.O=C(CCN1CCOCC1)Nc1nnc(OCc2ccc(Cl)cc2Cl)s1. The Morgan fingerprint density at radius 1 is 1.30 bits per heavy atom. The van der Waals surface area contributed by atoms with Gasteiger partial charge in [-0.05, 0) is 23.5 Å². The van der Waals surface area contributed by atoms with Gasteiger partial charge in [-0.25, -0.2) is 0 Å². The minimum atomic E-state index is -0.0973. The summed E-state index contributed by atoms with van der Waals surface area (Å²) in [5, 5.41) is 12.4. The molecule has 0 aliphatic carbocycles. The fraction of sp³-hybridized carbons (Fsp3) is 0.438. The molecule has 2 aromatic rings. The monoisotopic (exact) mass is 452 g/mol. The van der Waals surface area contributed by atoms with Gasteiger partial charge in [-0.1, -0.05) is 34.4 Å². The summed E-state index contributed by atoms with van der Waals surface area (Å²) in [5.41, 5.74) is 0.794. The molecule has 3 rings (SSSR count). The summed E-state index contributed by atoms with van der Waals surface area (Å²) in [6.07, 6.45) is 0.399. The lowest BCUT2D eigenvalue weighted by Gasteiger charge is -2.26. The third-order valence-electron chi connectivity index (χ3n) is 3.78. The topological polar surface area (TPSA) is 76.6 Å². The van der Waals surface area contributed by atoms with E-state index in [1.54, 1.807) is 18.2 Å². The molecule has 0 unspecified atom stereocenters. The lowest BCUT2D eigenvalue weighted by atomic mass is 10.2. The molecule has 1 aromatic heterocycles. The number of benzene rings is 1. The van der Waals surface area contributed by atoms with E-state index in [2.05, 4.69) is 20.4 Å². The van der Waals surface area contributed by atoms with Gasteiger partial charge in [-0.3, -0.25) is 9.69 Å². The van der Waals surface area contributed by atoms with Crippen molar-refractivity contribution in [3.63, 3.8) is 0 Å². The summed E-state index contributed by atoms with van der Waals surface area (Å²) in [4.78, 5) is 14.2. The smallest absolute Gasteiger partial charge is 0.296 e. The molecule has 1 fully saturated rings. The average Bonchev–Trinajstić information content (AvgIpc) is 3.07. The van der Waals surface area contributed by atoms with E-state index in [0.29, 0.717) is 33.3 Å². The van der Waals surface area contributed by atoms with Gasteiger partial charge in [-0.15, -0.1) is 17.5 Å². The van der Waals surface area contributed by atoms with Crippen molar-refractivity contribution in [3.05, 3.63) is 33.8 Å². The van der Waals surface area contributed by atoms with Gasteiger partial charge < -0.3 is 14.8 Å². The highest BCUT2D eigenvalue weighted by atomic mass is 35.5. The molecular formula is C16H19Cl3N4O3S. The first-order chi connectivity index (χ1) is 12.6. The Balaban J connectivity index is 0.00000261. The number of aromatic nitrogens is 2. The second-order valence-electron chi connectivity index (χ2n) is 5.65. The fourth-order valence-electron chi connectivity index (χ4n) is 2.36. The molecule has 1 amide bonds. The van der Waals surface area contributed by atoms with Crippen molar-refractivity contribution >= 4 is 58.0 Å². The van der Waals surface area contributed by atoms with Crippen molar-refractivity contribution in [2.45, 2.75) is 13.0 Å². The summed E-state index contributed by atoms with van der Waals surface area (Å²) in [6.45, 7) is 4.10. The number of morpholine rings is 1. The number of carbonyl (C=O) groups is 1. The Hall–Kier alpha value is -1.16. The maximum Gasteiger partial charge on any atom is 0.296 e. The van der Waals surface area contributed by atoms with Crippen LogP contribution in [0.2, 0.25) is 10.0 Å². The van der Waals surface area contributed by atoms with Gasteiger partial charge in [-0.2, -0.15) is 0 Å². The van der Waals surface area contributed by atoms with E-state index in [-0.39, 0.29) is 24.9 Å². The number of hydrogen-bond donors (Lipinski definition) is 1. The van der Waals surface area contributed by atoms with Crippen LogP contribution in [0.4, 0.5) is 5.13 Å². The van der Waals surface area contributed by atoms with Crippen molar-refractivity contribution in [2.75, 3.05) is 38.2 Å². The quantitative estimate of drug-likeness (QED) is 0.691. The summed E-state index contributed by atoms with van der Waals surface area (Å²) in [6, 6.07) is 5.19. The molecule has 148 valence electrons. The number of amides is 1. The van der Waals surface area contributed by atoms with Crippen LogP contribution in [0.3, 0.4) is 0 Å². The van der Waals surface area contributed by atoms with E-state index in [1.165, 1.54) is 11.3 Å². The zero-order chi connectivity index (χ0) is 18.4. The maximum atomic E-state index is 12.0. The van der Waals surface area contributed by atoms with Crippen molar-refractivity contribution in [1.29, 1.82) is 0 Å². The van der Waals surface area contributed by atoms with Crippen molar-refractivity contribution in [1.82, 2.24) is 15.1 Å². The number of carbonyl (C=O) groups excluding carboxylic acids is 1. The number of ether oxygens (including phenoxy) is 2. The van der Waals surface area contributed by atoms with Crippen molar-refractivity contribution in [3.8, 4) is 5.19 Å². The van der Waals surface area contributed by atoms with Gasteiger partial charge in [0.25, 0.3) is 5.19 Å². The highest BCUT2D eigenvalue weighted by molar-refractivity contribution is 7.17. The maximum absolute atomic E-state index is 12.0. The first kappa shape index (κ1) is 22.1. The van der Waals surface area contributed by atoms with Crippen LogP contribution >= 0.6 is 46.9 Å². The molecule has 2 heterocycles. The molecule has 7 nitrogen and oxygen atoms in total. The number of halogens is 3. The standard InChI is InChI=1S/C16H18Cl2N4O3S.ClH/c17-12-2-1-11(13(18)9-12)10-25-16-21-20-15(26-16)19-14(23)3-4-22-5-7-24-8-6-22;/h1-2,9H,3-8,10H2,(H,19,20,23);1H. The second kappa shape index (κ2) is 11.0. The zero-order valence-corrected chi connectivity index (χ0v) is 17.5. The first-order valence-electron chi connectivity index (χ1n) is 8.10. The molecule has 0 bridgehead atoms. The molecular weight excluding hydrogens is 435 g/mol. The molecule has 0 atom stereocenters. The Morgan fingerprint density at radius 3 is 2.81 bits per heavy atom. The molecule has 0 radical (unpaired) electrons. The predicted octanol–water partition coefficient (Wildman–Crippen LogP) is 3.51. The number of nitrogens with one attached hydrogen (secondary N) is 1. The highest BCUT2D eigenvalue weighted by Crippen LogP contribution is 2.26. The predicted molar refractivity (Wildman–Crippen MR) is 108 cm³/mol. The Bertz CT molecular complexity index is 756. The Kier molecular flexibility index (Phi) is 9.01. The lowest BCUT2D eigenvalue weighted by Crippen LogP contribution is -2.38. The highest BCUT2D eigenvalue weighted by Gasteiger charge is 2.14. The van der Waals surface area contributed by atoms with Gasteiger partial charge in [0.2, 0.25) is 11.0 Å². The molecule has 1 N–H and O–H groups in total. The minimum Gasteiger partial charge on any atom is -0.464 e. The van der Waals surface area contributed by atoms with Gasteiger partial charge in [0.15, 0.2) is 0 Å². The van der Waals surface area contributed by atoms with Gasteiger partial charge in [0.05, 0.1) is 13.2 Å². The number of anilines is 1. The summed E-state index contributed by atoms with van der Waals surface area (Å²) < 4.78 is 10.9. The normalized spacial score (nSPS) is 14.4. The largest absolute Gasteiger partial charge is 0.464 e. The molecule has 11 heteroatoms. The Morgan fingerprint density at radius 2 is 2.07 bits per heavy atom. The van der Waals surface area contributed by atoms with Crippen LogP contribution in [0.1, 0.15) is 12.0 Å². The first-order valence-corrected chi connectivity index (χ1v) is 9.67. The molecule has 1 saturated heterocycles. The van der Waals surface area contributed by atoms with Crippen molar-refractivity contribution in [2.24, 2.45) is 0 Å². The molecule has 1 aliphatic heterocycles. The minimum absolute atomic E-state index is 0. The van der Waals surface area contributed by atoms with E-state index >= 15 is 0 Å². The van der Waals surface area contributed by atoms with Crippen LogP contribution < -0.4 is 10.1 Å². The summed E-state index contributed by atoms with van der Waals surface area (Å²) in [7, 11) is 0. The number of rotatable bonds is 7. The number of nitrogens with zero attached hydrogens (tertiary/aromatic N) is 3. The van der Waals surface area contributed by atoms with Crippen LogP contribution in [0.15, 0.2) is 18.2 Å². The molecule has 0 saturated carbocycles. The van der Waals surface area contributed by atoms with E-state index in [0.717, 1.165) is 31.9 Å². The van der Waals surface area contributed by atoms with Crippen LogP contribution in [0.5, 0.6) is 5.19 Å². The Labute approximate surface area is 177 Å². The van der Waals surface area contributed by atoms with Crippen LogP contribution in [0.25, 0.3) is 0 Å². The van der Waals surface area contributed by atoms with Crippen LogP contribution in [0, 0.1) is 0 Å². The molecule has 27 heavy (non-hydrogen) atoms. The zero-order valence-electron chi connectivity index (χ0n) is 14.3. The molecule has 0 spiro atoms. The fourth-order valence-corrected chi connectivity index (χ4v) is 3.44. The molecule has 1 aromatic carbocycles. The van der Waals surface area contributed by atoms with Gasteiger partial charge in [0.1, 0.15) is 6.61 Å². The summed E-state index contributed by atoms with van der Waals surface area (Å²) >= 11 is 13.1. The second-order valence-corrected chi connectivity index (χ2v) is 7.43. The van der Waals surface area contributed by atoms with E-state index in [1.807, 2.05) is 0 Å². The third-order valence-corrected chi connectivity index (χ3v) is 5.12. The van der Waals surface area contributed by atoms with E-state index in [9.17, 15) is 4.79 Å². The summed E-state index contributed by atoms with van der Waals surface area (Å²) in [5.74, 6) is -0.0973. The third kappa shape index (κ3) is 7.06. The lowest BCUT2D eigenvalue weighted by molar-refractivity contribution is -0.116. The van der Waals surface area contributed by atoms with Gasteiger partial charge in [0, 0.05) is 41.7 Å². The van der Waals surface area contributed by atoms with Crippen LogP contribution in [-0.4, -0.2) is 53.9 Å². The molecule has 1 aliphatic rings. The van der Waals surface area contributed by atoms with E-state index < -0.39 is 0 Å². The van der Waals surface area contributed by atoms with Crippen molar-refractivity contribution < 1.29 is 14.3 Å². The van der Waals surface area contributed by atoms with Crippen LogP contribution in [-0.2, 0) is 16.1 Å². The number of hydrogen-bond acceptors (Lipinski definition) is 7. The average molecular weight is 454 g/mol. The van der Waals surface area contributed by atoms with E-state index in [4.69, 9.17) is 32.7 Å². The van der Waals surface area contributed by atoms with Gasteiger partial charge >= 0.3 is 0 Å².